The largest absolute Gasteiger partial charge is 0.472 e. The number of carbonyl (C=O) groups is 1. The highest BCUT2D eigenvalue weighted by atomic mass is 16.5. The fraction of sp³-hybridized carbons (Fsp3) is 0.750. The van der Waals surface area contributed by atoms with Gasteiger partial charge in [0.2, 0.25) is 0 Å². The maximum atomic E-state index is 11.6. The monoisotopic (exact) mass is 334 g/mol. The first-order valence-electron chi connectivity index (χ1n) is 9.27. The molecule has 4 heteroatoms. The summed E-state index contributed by atoms with van der Waals surface area (Å²) < 4.78 is 10.9. The Bertz CT molecular complexity index is 566. The van der Waals surface area contributed by atoms with Gasteiger partial charge < -0.3 is 14.3 Å². The normalized spacial score (nSPS) is 37.5. The van der Waals surface area contributed by atoms with Crippen molar-refractivity contribution in [2.75, 3.05) is 0 Å². The number of hydrogen-bond donors (Lipinski definition) is 1. The van der Waals surface area contributed by atoms with Gasteiger partial charge >= 0.3 is 5.97 Å². The van der Waals surface area contributed by atoms with E-state index in [-0.39, 0.29) is 23.4 Å². The van der Waals surface area contributed by atoms with Crippen molar-refractivity contribution in [3.63, 3.8) is 0 Å². The Labute approximate surface area is 144 Å². The van der Waals surface area contributed by atoms with E-state index in [9.17, 15) is 9.90 Å². The standard InChI is InChI=1S/C20H30O4/c1-14-7-10-20(22)9-5-4-6-18(20)19(14,3)12-17(24-15(2)21)16-8-11-23-13-16/h8,11,13-14,17-18,22H,4-7,9-10,12H2,1-3H3/t14-,17?,18-,19+,20+/m0/s1. The van der Waals surface area contributed by atoms with Crippen molar-refractivity contribution < 1.29 is 19.1 Å². The molecule has 1 heterocycles. The maximum Gasteiger partial charge on any atom is 0.303 e. The van der Waals surface area contributed by atoms with Crippen molar-refractivity contribution in [1.82, 2.24) is 0 Å². The highest BCUT2D eigenvalue weighted by Gasteiger charge is 2.55. The molecule has 0 amide bonds. The number of hydrogen-bond acceptors (Lipinski definition) is 4. The molecule has 1 N–H and O–H groups in total. The average Bonchev–Trinajstić information content (AvgIpc) is 3.05. The lowest BCUT2D eigenvalue weighted by molar-refractivity contribution is -0.170. The Balaban J connectivity index is 1.89. The molecule has 1 unspecified atom stereocenters. The zero-order chi connectivity index (χ0) is 17.4. The van der Waals surface area contributed by atoms with Crippen molar-refractivity contribution in [1.29, 1.82) is 0 Å². The Morgan fingerprint density at radius 2 is 2.21 bits per heavy atom. The van der Waals surface area contributed by atoms with Gasteiger partial charge in [-0.15, -0.1) is 0 Å². The summed E-state index contributed by atoms with van der Waals surface area (Å²) in [5.74, 6) is 0.491. The molecule has 24 heavy (non-hydrogen) atoms. The fourth-order valence-corrected chi connectivity index (χ4v) is 5.23. The second kappa shape index (κ2) is 6.55. The van der Waals surface area contributed by atoms with Crippen molar-refractivity contribution in [2.24, 2.45) is 17.3 Å². The van der Waals surface area contributed by atoms with E-state index in [0.717, 1.165) is 44.1 Å². The second-order valence-electron chi connectivity index (χ2n) is 8.21. The lowest BCUT2D eigenvalue weighted by atomic mass is 9.50. The number of fused-ring (bicyclic) bond motifs is 1. The van der Waals surface area contributed by atoms with Crippen LogP contribution in [0.1, 0.15) is 77.4 Å². The summed E-state index contributed by atoms with van der Waals surface area (Å²) in [6.07, 6.45) is 9.91. The molecular weight excluding hydrogens is 304 g/mol. The van der Waals surface area contributed by atoms with Gasteiger partial charge in [0.15, 0.2) is 0 Å². The Morgan fingerprint density at radius 3 is 2.88 bits per heavy atom. The molecule has 5 atom stereocenters. The molecule has 0 saturated heterocycles. The van der Waals surface area contributed by atoms with Crippen LogP contribution in [0.5, 0.6) is 0 Å². The molecule has 2 saturated carbocycles. The number of aliphatic hydroxyl groups is 1. The Hall–Kier alpha value is -1.29. The Kier molecular flexibility index (Phi) is 4.78. The quantitative estimate of drug-likeness (QED) is 0.816. The van der Waals surface area contributed by atoms with Crippen LogP contribution in [0.25, 0.3) is 0 Å². The molecule has 0 aliphatic heterocycles. The lowest BCUT2D eigenvalue weighted by Crippen LogP contribution is -2.55. The summed E-state index contributed by atoms with van der Waals surface area (Å²) in [4.78, 5) is 11.6. The van der Waals surface area contributed by atoms with Crippen LogP contribution in [0.2, 0.25) is 0 Å². The maximum absolute atomic E-state index is 11.6. The highest BCUT2D eigenvalue weighted by Crippen LogP contribution is 2.58. The zero-order valence-corrected chi connectivity index (χ0v) is 15.1. The molecule has 4 nitrogen and oxygen atoms in total. The average molecular weight is 334 g/mol. The summed E-state index contributed by atoms with van der Waals surface area (Å²) in [6, 6.07) is 1.87. The third-order valence-corrected chi connectivity index (χ3v) is 6.78. The van der Waals surface area contributed by atoms with Crippen LogP contribution in [0.3, 0.4) is 0 Å². The van der Waals surface area contributed by atoms with Crippen LogP contribution in [-0.2, 0) is 9.53 Å². The van der Waals surface area contributed by atoms with E-state index in [0.29, 0.717) is 5.92 Å². The second-order valence-corrected chi connectivity index (χ2v) is 8.21. The van der Waals surface area contributed by atoms with Crippen LogP contribution in [0.4, 0.5) is 0 Å². The van der Waals surface area contributed by atoms with Gasteiger partial charge in [-0.05, 0) is 55.4 Å². The van der Waals surface area contributed by atoms with E-state index >= 15 is 0 Å². The van der Waals surface area contributed by atoms with E-state index in [1.165, 1.54) is 13.3 Å². The van der Waals surface area contributed by atoms with Gasteiger partial charge in [-0.2, -0.15) is 0 Å². The van der Waals surface area contributed by atoms with E-state index < -0.39 is 5.60 Å². The molecular formula is C20H30O4. The molecule has 0 spiro atoms. The fourth-order valence-electron chi connectivity index (χ4n) is 5.23. The summed E-state index contributed by atoms with van der Waals surface area (Å²) in [5.41, 5.74) is 0.310. The Morgan fingerprint density at radius 1 is 1.42 bits per heavy atom. The van der Waals surface area contributed by atoms with E-state index in [4.69, 9.17) is 9.15 Å². The van der Waals surface area contributed by atoms with Gasteiger partial charge in [-0.25, -0.2) is 0 Å². The molecule has 2 aliphatic rings. The molecule has 0 radical (unpaired) electrons. The number of esters is 1. The predicted molar refractivity (Wildman–Crippen MR) is 91.2 cm³/mol. The van der Waals surface area contributed by atoms with Crippen LogP contribution < -0.4 is 0 Å². The van der Waals surface area contributed by atoms with Gasteiger partial charge in [0, 0.05) is 12.5 Å². The number of furan rings is 1. The van der Waals surface area contributed by atoms with Gasteiger partial charge in [0.05, 0.1) is 18.1 Å². The molecule has 2 aliphatic carbocycles. The summed E-state index contributed by atoms with van der Waals surface area (Å²) >= 11 is 0. The van der Waals surface area contributed by atoms with Gasteiger partial charge in [-0.3, -0.25) is 4.79 Å². The predicted octanol–water partition coefficient (Wildman–Crippen LogP) is 4.63. The van der Waals surface area contributed by atoms with Crippen molar-refractivity contribution in [3.05, 3.63) is 24.2 Å². The van der Waals surface area contributed by atoms with Crippen molar-refractivity contribution in [2.45, 2.75) is 77.4 Å². The van der Waals surface area contributed by atoms with E-state index in [1.54, 1.807) is 12.5 Å². The SMILES string of the molecule is CC(=O)OC(C[C@@]1(C)[C@@H]2CCCC[C@@]2(O)CC[C@@H]1C)c1ccoc1. The van der Waals surface area contributed by atoms with Crippen LogP contribution in [-0.4, -0.2) is 16.7 Å². The molecule has 1 aromatic heterocycles. The molecule has 2 fully saturated rings. The lowest BCUT2D eigenvalue weighted by Gasteiger charge is -2.57. The summed E-state index contributed by atoms with van der Waals surface area (Å²) in [7, 11) is 0. The van der Waals surface area contributed by atoms with Crippen LogP contribution in [0, 0.1) is 17.3 Å². The molecule has 3 rings (SSSR count). The number of carbonyl (C=O) groups excluding carboxylic acids is 1. The van der Waals surface area contributed by atoms with Gasteiger partial charge in [-0.1, -0.05) is 26.7 Å². The van der Waals surface area contributed by atoms with E-state index in [2.05, 4.69) is 13.8 Å². The smallest absolute Gasteiger partial charge is 0.303 e. The third kappa shape index (κ3) is 3.13. The minimum atomic E-state index is -0.545. The summed E-state index contributed by atoms with van der Waals surface area (Å²) in [6.45, 7) is 6.03. The molecule has 0 aromatic carbocycles. The van der Waals surface area contributed by atoms with Crippen LogP contribution >= 0.6 is 0 Å². The van der Waals surface area contributed by atoms with Crippen LogP contribution in [0.15, 0.2) is 23.0 Å². The first-order chi connectivity index (χ1) is 11.3. The minimum Gasteiger partial charge on any atom is -0.472 e. The summed E-state index contributed by atoms with van der Waals surface area (Å²) in [5, 5.41) is 11.2. The van der Waals surface area contributed by atoms with Gasteiger partial charge in [0.25, 0.3) is 0 Å². The third-order valence-electron chi connectivity index (χ3n) is 6.78. The van der Waals surface area contributed by atoms with E-state index in [1.807, 2.05) is 6.07 Å². The topological polar surface area (TPSA) is 59.7 Å². The molecule has 0 bridgehead atoms. The molecule has 134 valence electrons. The molecule has 1 aromatic rings. The number of ether oxygens (including phenoxy) is 1. The van der Waals surface area contributed by atoms with Gasteiger partial charge in [0.1, 0.15) is 6.10 Å². The van der Waals surface area contributed by atoms with Crippen molar-refractivity contribution >= 4 is 5.97 Å². The first kappa shape index (κ1) is 17.5. The highest BCUT2D eigenvalue weighted by molar-refractivity contribution is 5.66. The zero-order valence-electron chi connectivity index (χ0n) is 15.1. The van der Waals surface area contributed by atoms with Crippen molar-refractivity contribution in [3.8, 4) is 0 Å². The minimum absolute atomic E-state index is 0.0508. The first-order valence-corrected chi connectivity index (χ1v) is 9.27. The number of rotatable bonds is 4.